The van der Waals surface area contributed by atoms with Crippen LogP contribution < -0.4 is 5.32 Å². The molecular weight excluding hydrogens is 515 g/mol. The minimum atomic E-state index is -0.371. The van der Waals surface area contributed by atoms with E-state index in [1.165, 1.54) is 32.1 Å². The van der Waals surface area contributed by atoms with Crippen LogP contribution in [0.4, 0.5) is 4.79 Å². The molecule has 1 N–H and O–H groups in total. The highest BCUT2D eigenvalue weighted by Gasteiger charge is 2.58. The van der Waals surface area contributed by atoms with Crippen LogP contribution in [0, 0.1) is 28.6 Å². The molecular formula is C32H36Cl2N2O2. The van der Waals surface area contributed by atoms with Crippen molar-refractivity contribution in [2.75, 3.05) is 6.54 Å². The Morgan fingerprint density at radius 3 is 2.18 bits per heavy atom. The van der Waals surface area contributed by atoms with Crippen molar-refractivity contribution in [3.8, 4) is 0 Å². The van der Waals surface area contributed by atoms with Gasteiger partial charge in [0.2, 0.25) is 0 Å². The van der Waals surface area contributed by atoms with E-state index in [0.717, 1.165) is 23.2 Å². The molecule has 1 heterocycles. The number of amides is 2. The molecule has 6 heteroatoms. The molecule has 1 aliphatic heterocycles. The number of nitrogens with one attached hydrogen (secondary N) is 1. The number of hydrogen-bond donors (Lipinski definition) is 1. The molecule has 0 unspecified atom stereocenters. The first-order valence-corrected chi connectivity index (χ1v) is 14.8. The average molecular weight is 552 g/mol. The molecule has 5 atom stereocenters. The van der Waals surface area contributed by atoms with Crippen LogP contribution in [0.5, 0.6) is 0 Å². The number of allylic oxidation sites excluding steroid dienone is 2. The molecule has 2 aromatic rings. The van der Waals surface area contributed by atoms with Gasteiger partial charge in [-0.2, -0.15) is 0 Å². The summed E-state index contributed by atoms with van der Waals surface area (Å²) in [7, 11) is 0. The SMILES string of the molecule is C[C@@]12CCC[C@H]1[C@@H]1CN(C(=O)NC(c3ccc(Cl)cc3)c3ccc(Cl)cc3)C3=CC(=O)CC[C@]3(C)[C@H]1CC2. The molecule has 0 aromatic heterocycles. The van der Waals surface area contributed by atoms with Crippen LogP contribution in [0.25, 0.3) is 0 Å². The van der Waals surface area contributed by atoms with Crippen molar-refractivity contribution in [3.63, 3.8) is 0 Å². The summed E-state index contributed by atoms with van der Waals surface area (Å²) in [5.74, 6) is 1.74. The minimum absolute atomic E-state index is 0.127. The zero-order valence-corrected chi connectivity index (χ0v) is 23.7. The largest absolute Gasteiger partial charge is 0.327 e. The number of ketones is 1. The van der Waals surface area contributed by atoms with E-state index in [2.05, 4.69) is 19.2 Å². The maximum absolute atomic E-state index is 14.2. The van der Waals surface area contributed by atoms with Gasteiger partial charge in [0.05, 0.1) is 6.04 Å². The topological polar surface area (TPSA) is 49.4 Å². The molecule has 200 valence electrons. The normalized spacial score (nSPS) is 32.3. The predicted molar refractivity (Wildman–Crippen MR) is 152 cm³/mol. The predicted octanol–water partition coefficient (Wildman–Crippen LogP) is 8.19. The van der Waals surface area contributed by atoms with Gasteiger partial charge in [-0.15, -0.1) is 0 Å². The Bertz CT molecular complexity index is 1230. The van der Waals surface area contributed by atoms with Gasteiger partial charge in [-0.1, -0.05) is 67.7 Å². The first kappa shape index (κ1) is 26.0. The number of carbonyl (C=O) groups excluding carboxylic acids is 2. The van der Waals surface area contributed by atoms with Crippen LogP contribution in [-0.2, 0) is 4.79 Å². The number of urea groups is 1. The lowest BCUT2D eigenvalue weighted by molar-refractivity contribution is -0.118. The Kier molecular flexibility index (Phi) is 6.63. The number of carbonyl (C=O) groups is 2. The lowest BCUT2D eigenvalue weighted by Crippen LogP contribution is -2.59. The molecule has 3 aliphatic carbocycles. The maximum atomic E-state index is 14.2. The van der Waals surface area contributed by atoms with Gasteiger partial charge in [-0.05, 0) is 90.7 Å². The standard InChI is InChI=1S/C32H36Cl2N2O2/c1-31-15-3-4-26(31)25-19-36(28-18-24(37)13-17-32(28,2)27(25)14-16-31)30(38)35-29(20-5-9-22(33)10-6-20)21-7-11-23(34)12-8-21/h5-12,18,25-27,29H,3-4,13-17,19H2,1-2H3,(H,35,38)/t25-,26-,27-,31-,32+/m0/s1. The van der Waals surface area contributed by atoms with Crippen molar-refractivity contribution >= 4 is 35.0 Å². The number of piperidine rings is 1. The van der Waals surface area contributed by atoms with Crippen molar-refractivity contribution in [1.82, 2.24) is 10.2 Å². The van der Waals surface area contributed by atoms with Crippen LogP contribution in [0.3, 0.4) is 0 Å². The second-order valence-corrected chi connectivity index (χ2v) is 13.3. The number of likely N-dealkylation sites (tertiary alicyclic amines) is 1. The average Bonchev–Trinajstić information content (AvgIpc) is 3.30. The van der Waals surface area contributed by atoms with Gasteiger partial charge in [0.15, 0.2) is 5.78 Å². The van der Waals surface area contributed by atoms with Crippen molar-refractivity contribution in [3.05, 3.63) is 81.5 Å². The van der Waals surface area contributed by atoms with Crippen LogP contribution in [0.15, 0.2) is 60.3 Å². The Morgan fingerprint density at radius 2 is 1.55 bits per heavy atom. The highest BCUT2D eigenvalue weighted by atomic mass is 35.5. The van der Waals surface area contributed by atoms with Gasteiger partial charge in [-0.25, -0.2) is 4.79 Å². The zero-order chi connectivity index (χ0) is 26.7. The lowest BCUT2D eigenvalue weighted by atomic mass is 9.50. The summed E-state index contributed by atoms with van der Waals surface area (Å²) in [6.45, 7) is 5.47. The summed E-state index contributed by atoms with van der Waals surface area (Å²) >= 11 is 12.4. The van der Waals surface area contributed by atoms with Crippen LogP contribution in [-0.4, -0.2) is 23.3 Å². The number of hydrogen-bond acceptors (Lipinski definition) is 2. The molecule has 3 fully saturated rings. The lowest BCUT2D eigenvalue weighted by Gasteiger charge is -2.59. The van der Waals surface area contributed by atoms with E-state index >= 15 is 0 Å². The Morgan fingerprint density at radius 1 is 0.921 bits per heavy atom. The molecule has 4 aliphatic rings. The molecule has 2 amide bonds. The second kappa shape index (κ2) is 9.71. The number of fused-ring (bicyclic) bond motifs is 5. The fourth-order valence-electron chi connectivity index (χ4n) is 8.36. The molecule has 4 nitrogen and oxygen atoms in total. The third-order valence-corrected chi connectivity index (χ3v) is 10.9. The summed E-state index contributed by atoms with van der Waals surface area (Å²) in [5, 5.41) is 4.63. The van der Waals surface area contributed by atoms with Gasteiger partial charge in [0.25, 0.3) is 0 Å². The molecule has 0 spiro atoms. The minimum Gasteiger partial charge on any atom is -0.327 e. The smallest absolute Gasteiger partial charge is 0.322 e. The van der Waals surface area contributed by atoms with E-state index < -0.39 is 0 Å². The molecule has 1 saturated heterocycles. The van der Waals surface area contributed by atoms with E-state index in [1.807, 2.05) is 53.4 Å². The molecule has 2 saturated carbocycles. The highest BCUT2D eigenvalue weighted by molar-refractivity contribution is 6.30. The van der Waals surface area contributed by atoms with Crippen LogP contribution in [0.1, 0.15) is 76.0 Å². The summed E-state index contributed by atoms with van der Waals surface area (Å²) in [6.07, 6.45) is 9.44. The summed E-state index contributed by atoms with van der Waals surface area (Å²) in [6, 6.07) is 14.7. The van der Waals surface area contributed by atoms with Gasteiger partial charge in [-0.3, -0.25) is 9.69 Å². The van der Waals surface area contributed by atoms with E-state index in [1.54, 1.807) is 6.08 Å². The number of rotatable bonds is 3. The van der Waals surface area contributed by atoms with Crippen LogP contribution in [0.2, 0.25) is 10.0 Å². The van der Waals surface area contributed by atoms with E-state index in [4.69, 9.17) is 23.2 Å². The maximum Gasteiger partial charge on any atom is 0.322 e. The molecule has 0 bridgehead atoms. The van der Waals surface area contributed by atoms with Crippen molar-refractivity contribution in [1.29, 1.82) is 0 Å². The van der Waals surface area contributed by atoms with E-state index in [-0.39, 0.29) is 23.3 Å². The Balaban J connectivity index is 1.37. The number of halogens is 2. The van der Waals surface area contributed by atoms with Crippen molar-refractivity contribution < 1.29 is 9.59 Å². The molecule has 6 rings (SSSR count). The number of nitrogens with zero attached hydrogens (tertiary/aromatic N) is 1. The molecule has 2 aromatic carbocycles. The first-order chi connectivity index (χ1) is 18.2. The highest BCUT2D eigenvalue weighted by Crippen LogP contribution is 2.64. The second-order valence-electron chi connectivity index (χ2n) is 12.5. The third kappa shape index (κ3) is 4.38. The molecule has 0 radical (unpaired) electrons. The summed E-state index contributed by atoms with van der Waals surface area (Å²) in [4.78, 5) is 28.9. The summed E-state index contributed by atoms with van der Waals surface area (Å²) in [5.41, 5.74) is 3.02. The summed E-state index contributed by atoms with van der Waals surface area (Å²) < 4.78 is 0. The Labute approximate surface area is 235 Å². The quantitative estimate of drug-likeness (QED) is 0.418. The fraction of sp³-hybridized carbons (Fsp3) is 0.500. The van der Waals surface area contributed by atoms with Crippen molar-refractivity contribution in [2.45, 2.75) is 64.8 Å². The van der Waals surface area contributed by atoms with Crippen LogP contribution >= 0.6 is 23.2 Å². The fourth-order valence-corrected chi connectivity index (χ4v) is 8.61. The van der Waals surface area contributed by atoms with E-state index in [9.17, 15) is 9.59 Å². The van der Waals surface area contributed by atoms with Gasteiger partial charge >= 0.3 is 6.03 Å². The zero-order valence-electron chi connectivity index (χ0n) is 22.2. The van der Waals surface area contributed by atoms with Gasteiger partial charge in [0, 0.05) is 40.2 Å². The Hall–Kier alpha value is -2.30. The molecule has 38 heavy (non-hydrogen) atoms. The van der Waals surface area contributed by atoms with E-state index in [0.29, 0.717) is 46.2 Å². The van der Waals surface area contributed by atoms with Gasteiger partial charge < -0.3 is 5.32 Å². The third-order valence-electron chi connectivity index (χ3n) is 10.4. The number of benzene rings is 2. The first-order valence-electron chi connectivity index (χ1n) is 14.0. The van der Waals surface area contributed by atoms with Crippen molar-refractivity contribution in [2.24, 2.45) is 28.6 Å². The monoisotopic (exact) mass is 550 g/mol. The van der Waals surface area contributed by atoms with Gasteiger partial charge in [0.1, 0.15) is 0 Å².